The molecule has 1 unspecified atom stereocenters. The van der Waals surface area contributed by atoms with E-state index in [-0.39, 0.29) is 38.8 Å². The van der Waals surface area contributed by atoms with E-state index in [1.165, 1.54) is 109 Å². The van der Waals surface area contributed by atoms with E-state index < -0.39 is 13.9 Å². The lowest BCUT2D eigenvalue weighted by Gasteiger charge is -2.19. The third kappa shape index (κ3) is 39.3. The molecule has 0 saturated carbocycles. The Kier molecular flexibility index (Phi) is 38.7. The van der Waals surface area contributed by atoms with Gasteiger partial charge in [-0.15, -0.1) is 0 Å². The summed E-state index contributed by atoms with van der Waals surface area (Å²) in [6.07, 6.45) is 49.1. The zero-order chi connectivity index (χ0) is 38.1. The molecule has 0 aromatic carbocycles. The summed E-state index contributed by atoms with van der Waals surface area (Å²) in [6.45, 7) is 4.12. The number of esters is 1. The smallest absolute Gasteiger partial charge is 0.472 e. The molecule has 0 bridgehead atoms. The van der Waals surface area contributed by atoms with Crippen molar-refractivity contribution in [2.45, 2.75) is 180 Å². The maximum Gasteiger partial charge on any atom is 0.472 e. The predicted molar refractivity (Wildman–Crippen MR) is 219 cm³/mol. The monoisotopic (exact) mass is 752 g/mol. The normalized spacial score (nSPS) is 14.1. The fraction of sp³-hybridized carbons (Fsp3) is 0.744. The van der Waals surface area contributed by atoms with E-state index in [1.54, 1.807) is 6.26 Å². The highest BCUT2D eigenvalue weighted by Crippen LogP contribution is 2.43. The molecule has 0 spiro atoms. The van der Waals surface area contributed by atoms with Crippen molar-refractivity contribution in [3.8, 4) is 0 Å². The van der Waals surface area contributed by atoms with Crippen LogP contribution in [0.15, 0.2) is 60.9 Å². The molecule has 3 N–H and O–H groups in total. The fourth-order valence-corrected chi connectivity index (χ4v) is 6.11. The van der Waals surface area contributed by atoms with Crippen LogP contribution >= 0.6 is 7.82 Å². The molecular formula is C43H78NO7P. The molecule has 52 heavy (non-hydrogen) atoms. The van der Waals surface area contributed by atoms with Crippen LogP contribution in [-0.4, -0.2) is 43.3 Å². The van der Waals surface area contributed by atoms with Crippen molar-refractivity contribution in [3.63, 3.8) is 0 Å². The van der Waals surface area contributed by atoms with Gasteiger partial charge in [0.25, 0.3) is 0 Å². The highest BCUT2D eigenvalue weighted by Gasteiger charge is 2.24. The number of phosphoric acid groups is 1. The number of hydrogen-bond donors (Lipinski definition) is 2. The Balaban J connectivity index is 4.21. The third-order valence-corrected chi connectivity index (χ3v) is 9.48. The quantitative estimate of drug-likeness (QED) is 0.0210. The Hall–Kier alpha value is -1.96. The number of hydrogen-bond acceptors (Lipinski definition) is 7. The summed E-state index contributed by atoms with van der Waals surface area (Å²) in [5.74, 6) is -0.344. The van der Waals surface area contributed by atoms with Gasteiger partial charge in [-0.25, -0.2) is 4.57 Å². The van der Waals surface area contributed by atoms with E-state index >= 15 is 0 Å². The second-order valence-electron chi connectivity index (χ2n) is 13.6. The van der Waals surface area contributed by atoms with Gasteiger partial charge in [0, 0.05) is 13.0 Å². The molecule has 0 rings (SSSR count). The molecule has 0 aromatic rings. The van der Waals surface area contributed by atoms with E-state index in [0.29, 0.717) is 6.42 Å². The summed E-state index contributed by atoms with van der Waals surface area (Å²) in [7, 11) is -4.28. The Morgan fingerprint density at radius 3 is 1.58 bits per heavy atom. The molecule has 0 aromatic heterocycles. The first-order valence-electron chi connectivity index (χ1n) is 20.8. The van der Waals surface area contributed by atoms with Gasteiger partial charge in [0.1, 0.15) is 6.61 Å². The van der Waals surface area contributed by atoms with E-state index in [4.69, 9.17) is 24.3 Å². The van der Waals surface area contributed by atoms with Crippen molar-refractivity contribution in [2.75, 3.05) is 26.4 Å². The summed E-state index contributed by atoms with van der Waals surface area (Å²) >= 11 is 0. The van der Waals surface area contributed by atoms with Crippen LogP contribution in [-0.2, 0) is 27.9 Å². The molecule has 2 atom stereocenters. The van der Waals surface area contributed by atoms with Crippen molar-refractivity contribution in [3.05, 3.63) is 60.9 Å². The molecule has 302 valence electrons. The number of carbonyl (C=O) groups excluding carboxylic acids is 1. The highest BCUT2D eigenvalue weighted by molar-refractivity contribution is 7.47. The Labute approximate surface area is 319 Å². The first-order chi connectivity index (χ1) is 25.4. The standard InChI is InChI=1S/C43H78NO7P/c1-3-5-7-9-11-13-15-17-19-21-22-24-26-28-30-32-34-36-43(45)49-40-42(41-51-52(46,47)50-39-37-44)48-38-35-33-31-29-27-25-23-20-18-16-14-12-10-8-6-4-2/h14,16-17,19,22,24,28,30,35,38,42H,3-13,15,18,20-21,23,25-27,29,31-34,36-37,39-41,44H2,1-2H3,(H,46,47)/t42-/m1/s1. The molecule has 8 nitrogen and oxygen atoms in total. The van der Waals surface area contributed by atoms with Gasteiger partial charge in [-0.3, -0.25) is 13.8 Å². The molecule has 0 aliphatic carbocycles. The number of unbranched alkanes of at least 4 members (excludes halogenated alkanes) is 18. The van der Waals surface area contributed by atoms with Crippen LogP contribution in [0.2, 0.25) is 0 Å². The SMILES string of the molecule is CCCCCCC=CCCCCCCCCC=CO[C@H](COC(=O)CCCC=CCC=CCC=CCCCCCCCC)COP(=O)(O)OCCN. The molecule has 0 saturated heterocycles. The minimum Gasteiger partial charge on any atom is -0.492 e. The number of ether oxygens (including phenoxy) is 2. The number of phosphoric ester groups is 1. The molecule has 0 fully saturated rings. The zero-order valence-electron chi connectivity index (χ0n) is 33.3. The molecule has 0 aliphatic heterocycles. The van der Waals surface area contributed by atoms with Crippen molar-refractivity contribution in [1.82, 2.24) is 0 Å². The maximum atomic E-state index is 12.4. The lowest BCUT2D eigenvalue weighted by Crippen LogP contribution is -2.25. The average molecular weight is 752 g/mol. The van der Waals surface area contributed by atoms with Gasteiger partial charge in [0.2, 0.25) is 0 Å². The molecule has 0 radical (unpaired) electrons. The van der Waals surface area contributed by atoms with Crippen molar-refractivity contribution in [1.29, 1.82) is 0 Å². The van der Waals surface area contributed by atoms with Crippen LogP contribution in [0.25, 0.3) is 0 Å². The van der Waals surface area contributed by atoms with Crippen molar-refractivity contribution in [2.24, 2.45) is 5.73 Å². The first kappa shape index (κ1) is 50.0. The predicted octanol–water partition coefficient (Wildman–Crippen LogP) is 12.5. The van der Waals surface area contributed by atoms with Crippen LogP contribution in [0.1, 0.15) is 174 Å². The van der Waals surface area contributed by atoms with E-state index in [2.05, 4.69) is 62.5 Å². The van der Waals surface area contributed by atoms with Gasteiger partial charge in [0.05, 0.1) is 19.5 Å². The molecule has 0 heterocycles. The molecule has 0 aliphatic rings. The van der Waals surface area contributed by atoms with Gasteiger partial charge in [-0.2, -0.15) is 0 Å². The molecular weight excluding hydrogens is 673 g/mol. The highest BCUT2D eigenvalue weighted by atomic mass is 31.2. The summed E-state index contributed by atoms with van der Waals surface area (Å²) in [6, 6.07) is 0. The largest absolute Gasteiger partial charge is 0.492 e. The van der Waals surface area contributed by atoms with E-state index in [9.17, 15) is 14.3 Å². The van der Waals surface area contributed by atoms with Gasteiger partial charge in [0.15, 0.2) is 6.10 Å². The minimum absolute atomic E-state index is 0.0909. The molecule has 0 amide bonds. The van der Waals surface area contributed by atoms with Crippen LogP contribution in [0.4, 0.5) is 0 Å². The van der Waals surface area contributed by atoms with E-state index in [0.717, 1.165) is 38.5 Å². The summed E-state index contributed by atoms with van der Waals surface area (Å²) < 4.78 is 33.1. The second-order valence-corrected chi connectivity index (χ2v) is 15.0. The lowest BCUT2D eigenvalue weighted by atomic mass is 10.1. The maximum absolute atomic E-state index is 12.4. The fourth-order valence-electron chi connectivity index (χ4n) is 5.34. The van der Waals surface area contributed by atoms with Crippen molar-refractivity contribution >= 4 is 13.8 Å². The molecule has 9 heteroatoms. The number of allylic oxidation sites excluding steroid dienone is 9. The van der Waals surface area contributed by atoms with Gasteiger partial charge >= 0.3 is 13.8 Å². The Morgan fingerprint density at radius 2 is 1.04 bits per heavy atom. The van der Waals surface area contributed by atoms with Crippen LogP contribution < -0.4 is 5.73 Å². The Bertz CT molecular complexity index is 979. The van der Waals surface area contributed by atoms with Crippen LogP contribution in [0.3, 0.4) is 0 Å². The van der Waals surface area contributed by atoms with Crippen LogP contribution in [0.5, 0.6) is 0 Å². The minimum atomic E-state index is -4.28. The second kappa shape index (κ2) is 40.2. The Morgan fingerprint density at radius 1 is 0.596 bits per heavy atom. The van der Waals surface area contributed by atoms with Gasteiger partial charge in [-0.1, -0.05) is 140 Å². The average Bonchev–Trinajstić information content (AvgIpc) is 3.14. The number of nitrogens with two attached hydrogens (primary N) is 1. The zero-order valence-corrected chi connectivity index (χ0v) is 34.2. The van der Waals surface area contributed by atoms with Crippen molar-refractivity contribution < 1.29 is 32.8 Å². The number of rotatable bonds is 39. The van der Waals surface area contributed by atoms with Gasteiger partial charge in [-0.05, 0) is 83.1 Å². The summed E-state index contributed by atoms with van der Waals surface area (Å²) in [4.78, 5) is 22.2. The third-order valence-electron chi connectivity index (χ3n) is 8.50. The number of carbonyl (C=O) groups is 1. The lowest BCUT2D eigenvalue weighted by molar-refractivity contribution is -0.147. The topological polar surface area (TPSA) is 117 Å². The van der Waals surface area contributed by atoms with E-state index in [1.807, 2.05) is 6.08 Å². The first-order valence-corrected chi connectivity index (χ1v) is 22.3. The summed E-state index contributed by atoms with van der Waals surface area (Å²) in [5.41, 5.74) is 5.36. The van der Waals surface area contributed by atoms with Crippen LogP contribution in [0, 0.1) is 0 Å². The van der Waals surface area contributed by atoms with Gasteiger partial charge < -0.3 is 20.1 Å². The summed E-state index contributed by atoms with van der Waals surface area (Å²) in [5, 5.41) is 0.